The second kappa shape index (κ2) is 38.1. The standard InChI is InChI=1S/C42H72O5/c1-3-5-7-9-11-13-15-17-19-20-21-22-23-25-27-29-31-33-35-37-42(45)47-40(38-43)39-46-41(44)36-34-32-30-28-26-24-18-16-14-12-10-8-6-4-2/h5,7,11,13,17,19,21-22,25,27,40,43H,3-4,6,8-10,12,14-16,18,20,23-24,26,28-39H2,1-2H3/b7-5-,13-11-,19-17-,22-21-,27-25-/t40-/m0/s1. The summed E-state index contributed by atoms with van der Waals surface area (Å²) in [4.78, 5) is 24.2. The third kappa shape index (κ3) is 36.3. The largest absolute Gasteiger partial charge is 0.462 e. The molecule has 1 N–H and O–H groups in total. The van der Waals surface area contributed by atoms with Crippen LogP contribution in [0.3, 0.4) is 0 Å². The molecule has 47 heavy (non-hydrogen) atoms. The van der Waals surface area contributed by atoms with Crippen LogP contribution in [0.15, 0.2) is 60.8 Å². The van der Waals surface area contributed by atoms with Crippen molar-refractivity contribution in [2.75, 3.05) is 13.2 Å². The maximum atomic E-state index is 12.2. The molecule has 0 spiro atoms. The van der Waals surface area contributed by atoms with Gasteiger partial charge in [0.05, 0.1) is 6.61 Å². The lowest BCUT2D eigenvalue weighted by atomic mass is 10.0. The molecule has 0 bridgehead atoms. The molecule has 0 radical (unpaired) electrons. The number of allylic oxidation sites excluding steroid dienone is 10. The molecule has 0 saturated carbocycles. The summed E-state index contributed by atoms with van der Waals surface area (Å²) in [6.45, 7) is 3.99. The lowest BCUT2D eigenvalue weighted by Gasteiger charge is -2.15. The van der Waals surface area contributed by atoms with E-state index in [-0.39, 0.29) is 25.2 Å². The monoisotopic (exact) mass is 657 g/mol. The Morgan fingerprint density at radius 3 is 1.38 bits per heavy atom. The molecule has 5 nitrogen and oxygen atoms in total. The van der Waals surface area contributed by atoms with Crippen LogP contribution in [-0.4, -0.2) is 36.4 Å². The molecule has 0 amide bonds. The molecule has 0 aliphatic rings. The fraction of sp³-hybridized carbons (Fsp3) is 0.714. The first kappa shape index (κ1) is 44.6. The van der Waals surface area contributed by atoms with Crippen LogP contribution in [0.5, 0.6) is 0 Å². The lowest BCUT2D eigenvalue weighted by molar-refractivity contribution is -0.161. The minimum Gasteiger partial charge on any atom is -0.462 e. The Balaban J connectivity index is 3.65. The molecule has 5 heteroatoms. The molecule has 0 saturated heterocycles. The van der Waals surface area contributed by atoms with Crippen molar-refractivity contribution in [3.8, 4) is 0 Å². The Labute approximate surface area is 290 Å². The maximum absolute atomic E-state index is 12.2. The van der Waals surface area contributed by atoms with E-state index < -0.39 is 6.10 Å². The second-order valence-corrected chi connectivity index (χ2v) is 12.6. The molecule has 0 heterocycles. The van der Waals surface area contributed by atoms with Gasteiger partial charge in [0.15, 0.2) is 6.10 Å². The number of aliphatic hydroxyl groups is 1. The quantitative estimate of drug-likeness (QED) is 0.0424. The average Bonchev–Trinajstić information content (AvgIpc) is 3.07. The number of carbonyl (C=O) groups is 2. The van der Waals surface area contributed by atoms with Gasteiger partial charge in [-0.15, -0.1) is 0 Å². The fourth-order valence-electron chi connectivity index (χ4n) is 5.17. The molecule has 0 aromatic rings. The zero-order valence-electron chi connectivity index (χ0n) is 30.5. The Morgan fingerprint density at radius 2 is 0.915 bits per heavy atom. The van der Waals surface area contributed by atoms with E-state index in [0.29, 0.717) is 12.8 Å². The van der Waals surface area contributed by atoms with E-state index in [1.807, 2.05) is 0 Å². The van der Waals surface area contributed by atoms with Gasteiger partial charge in [-0.05, 0) is 57.8 Å². The van der Waals surface area contributed by atoms with Gasteiger partial charge in [0.1, 0.15) is 6.61 Å². The van der Waals surface area contributed by atoms with E-state index in [2.05, 4.69) is 74.6 Å². The van der Waals surface area contributed by atoms with Crippen LogP contribution in [0.2, 0.25) is 0 Å². The van der Waals surface area contributed by atoms with Crippen molar-refractivity contribution in [3.05, 3.63) is 60.8 Å². The van der Waals surface area contributed by atoms with Gasteiger partial charge >= 0.3 is 11.9 Å². The molecule has 0 fully saturated rings. The van der Waals surface area contributed by atoms with Gasteiger partial charge in [0.25, 0.3) is 0 Å². The number of hydrogen-bond donors (Lipinski definition) is 1. The number of rotatable bonds is 34. The summed E-state index contributed by atoms with van der Waals surface area (Å²) in [6.07, 6.45) is 48.5. The molecule has 0 aliphatic heterocycles. The summed E-state index contributed by atoms with van der Waals surface area (Å²) in [5.74, 6) is -0.629. The number of hydrogen-bond acceptors (Lipinski definition) is 5. The van der Waals surface area contributed by atoms with Gasteiger partial charge in [-0.25, -0.2) is 0 Å². The first-order chi connectivity index (χ1) is 23.1. The van der Waals surface area contributed by atoms with E-state index >= 15 is 0 Å². The van der Waals surface area contributed by atoms with Crippen LogP contribution < -0.4 is 0 Å². The summed E-state index contributed by atoms with van der Waals surface area (Å²) in [7, 11) is 0. The van der Waals surface area contributed by atoms with Gasteiger partial charge in [0.2, 0.25) is 0 Å². The van der Waals surface area contributed by atoms with E-state index in [1.165, 1.54) is 70.6 Å². The van der Waals surface area contributed by atoms with Crippen molar-refractivity contribution in [1.82, 2.24) is 0 Å². The van der Waals surface area contributed by atoms with Crippen molar-refractivity contribution in [1.29, 1.82) is 0 Å². The molecule has 0 unspecified atom stereocenters. The molecule has 1 atom stereocenters. The summed E-state index contributed by atoms with van der Waals surface area (Å²) >= 11 is 0. The summed E-state index contributed by atoms with van der Waals surface area (Å²) in [5.41, 5.74) is 0. The number of carbonyl (C=O) groups excluding carboxylic acids is 2. The minimum absolute atomic E-state index is 0.0796. The van der Waals surface area contributed by atoms with E-state index in [9.17, 15) is 14.7 Å². The van der Waals surface area contributed by atoms with E-state index in [1.54, 1.807) is 0 Å². The second-order valence-electron chi connectivity index (χ2n) is 12.6. The zero-order chi connectivity index (χ0) is 34.3. The zero-order valence-corrected chi connectivity index (χ0v) is 30.5. The fourth-order valence-corrected chi connectivity index (χ4v) is 5.17. The molecule has 0 aromatic heterocycles. The van der Waals surface area contributed by atoms with Crippen molar-refractivity contribution in [2.45, 2.75) is 180 Å². The van der Waals surface area contributed by atoms with Gasteiger partial charge in [-0.1, -0.05) is 164 Å². The highest BCUT2D eigenvalue weighted by Gasteiger charge is 2.16. The Bertz CT molecular complexity index is 838. The van der Waals surface area contributed by atoms with Crippen LogP contribution in [0.4, 0.5) is 0 Å². The molecule has 0 aliphatic carbocycles. The van der Waals surface area contributed by atoms with Crippen LogP contribution in [0, 0.1) is 0 Å². The van der Waals surface area contributed by atoms with Crippen molar-refractivity contribution in [3.63, 3.8) is 0 Å². The van der Waals surface area contributed by atoms with Crippen molar-refractivity contribution in [2.24, 2.45) is 0 Å². The van der Waals surface area contributed by atoms with Gasteiger partial charge in [-0.2, -0.15) is 0 Å². The third-order valence-electron chi connectivity index (χ3n) is 8.08. The van der Waals surface area contributed by atoms with Crippen molar-refractivity contribution < 1.29 is 24.2 Å². The molecule has 0 aromatic carbocycles. The Kier molecular flexibility index (Phi) is 36.1. The van der Waals surface area contributed by atoms with Gasteiger partial charge in [0, 0.05) is 12.8 Å². The Hall–Kier alpha value is -2.40. The first-order valence-electron chi connectivity index (χ1n) is 19.3. The Morgan fingerprint density at radius 1 is 0.511 bits per heavy atom. The highest BCUT2D eigenvalue weighted by Crippen LogP contribution is 2.14. The third-order valence-corrected chi connectivity index (χ3v) is 8.08. The van der Waals surface area contributed by atoms with Crippen LogP contribution in [-0.2, 0) is 19.1 Å². The van der Waals surface area contributed by atoms with Gasteiger partial charge in [-0.3, -0.25) is 9.59 Å². The van der Waals surface area contributed by atoms with Crippen LogP contribution >= 0.6 is 0 Å². The predicted molar refractivity (Wildman–Crippen MR) is 200 cm³/mol. The number of unbranched alkanes of at least 4 members (excludes halogenated alkanes) is 16. The van der Waals surface area contributed by atoms with Crippen LogP contribution in [0.1, 0.15) is 174 Å². The summed E-state index contributed by atoms with van der Waals surface area (Å²) < 4.78 is 10.6. The first-order valence-corrected chi connectivity index (χ1v) is 19.3. The number of esters is 2. The molecular formula is C42H72O5. The normalized spacial score (nSPS) is 12.8. The smallest absolute Gasteiger partial charge is 0.306 e. The highest BCUT2D eigenvalue weighted by atomic mass is 16.6. The maximum Gasteiger partial charge on any atom is 0.306 e. The minimum atomic E-state index is -0.788. The lowest BCUT2D eigenvalue weighted by Crippen LogP contribution is -2.28. The molecular weight excluding hydrogens is 584 g/mol. The van der Waals surface area contributed by atoms with E-state index in [4.69, 9.17) is 9.47 Å². The summed E-state index contributed by atoms with van der Waals surface area (Å²) in [5, 5.41) is 9.54. The number of ether oxygens (including phenoxy) is 2. The molecule has 270 valence electrons. The SMILES string of the molecule is CC/C=C\C/C=C\C/C=C\C/C=C\C/C=C\CCCCCC(=O)O[C@@H](CO)COC(=O)CCCCCCCCCCCCCCCC. The average molecular weight is 657 g/mol. The molecule has 0 rings (SSSR count). The van der Waals surface area contributed by atoms with Gasteiger partial charge < -0.3 is 14.6 Å². The predicted octanol–water partition coefficient (Wildman–Crippen LogP) is 12.0. The topological polar surface area (TPSA) is 72.8 Å². The highest BCUT2D eigenvalue weighted by molar-refractivity contribution is 5.70. The summed E-state index contributed by atoms with van der Waals surface area (Å²) in [6, 6.07) is 0. The van der Waals surface area contributed by atoms with Crippen LogP contribution in [0.25, 0.3) is 0 Å². The van der Waals surface area contributed by atoms with Crippen molar-refractivity contribution >= 4 is 11.9 Å². The van der Waals surface area contributed by atoms with E-state index in [0.717, 1.165) is 77.0 Å². The number of aliphatic hydroxyl groups excluding tert-OH is 1.